The monoisotopic (exact) mass is 436 g/mol. The summed E-state index contributed by atoms with van der Waals surface area (Å²) in [4.78, 5) is 17.8. The Balaban J connectivity index is 1.57. The number of benzene rings is 1. The maximum Gasteiger partial charge on any atom is 0.216 e. The summed E-state index contributed by atoms with van der Waals surface area (Å²) in [5.41, 5.74) is 5.00. The molecular formula is C25H32N4O3. The van der Waals surface area contributed by atoms with Crippen LogP contribution in [-0.2, 0) is 29.7 Å². The van der Waals surface area contributed by atoms with E-state index in [1.807, 2.05) is 56.6 Å². The first-order valence-electron chi connectivity index (χ1n) is 11.0. The van der Waals surface area contributed by atoms with Gasteiger partial charge in [0.2, 0.25) is 12.3 Å². The van der Waals surface area contributed by atoms with E-state index in [2.05, 4.69) is 17.0 Å². The van der Waals surface area contributed by atoms with Crippen LogP contribution in [0.2, 0.25) is 0 Å². The van der Waals surface area contributed by atoms with Crippen LogP contribution in [0.4, 0.5) is 0 Å². The number of carbonyl (C=O) groups is 1. The van der Waals surface area contributed by atoms with Crippen LogP contribution in [0.1, 0.15) is 36.5 Å². The van der Waals surface area contributed by atoms with E-state index < -0.39 is 0 Å². The molecule has 0 radical (unpaired) electrons. The number of pyridine rings is 1. The van der Waals surface area contributed by atoms with Gasteiger partial charge in [0.05, 0.1) is 12.3 Å². The van der Waals surface area contributed by atoms with Crippen LogP contribution in [0.5, 0.6) is 5.88 Å². The Bertz CT molecular complexity index is 985. The van der Waals surface area contributed by atoms with E-state index >= 15 is 0 Å². The number of ether oxygens (including phenoxy) is 2. The predicted octanol–water partition coefficient (Wildman–Crippen LogP) is 4.14. The smallest absolute Gasteiger partial charge is 0.216 e. The summed E-state index contributed by atoms with van der Waals surface area (Å²) in [7, 11) is 1.90. The second-order valence-electron chi connectivity index (χ2n) is 7.80. The lowest BCUT2D eigenvalue weighted by Gasteiger charge is -2.20. The minimum absolute atomic E-state index is 0.459. The fraction of sp³-hybridized carbons (Fsp3) is 0.400. The van der Waals surface area contributed by atoms with Crippen molar-refractivity contribution in [1.82, 2.24) is 19.7 Å². The van der Waals surface area contributed by atoms with Crippen LogP contribution in [0.15, 0.2) is 48.8 Å². The molecule has 0 aliphatic heterocycles. The number of aryl methyl sites for hydroxylation is 1. The molecule has 0 fully saturated rings. The zero-order valence-corrected chi connectivity index (χ0v) is 19.2. The Hall–Kier alpha value is -3.19. The van der Waals surface area contributed by atoms with Crippen molar-refractivity contribution in [2.45, 2.75) is 39.8 Å². The van der Waals surface area contributed by atoms with Gasteiger partial charge in [-0.3, -0.25) is 9.48 Å². The van der Waals surface area contributed by atoms with Gasteiger partial charge < -0.3 is 14.4 Å². The highest BCUT2D eigenvalue weighted by atomic mass is 16.5. The molecule has 0 saturated carbocycles. The summed E-state index contributed by atoms with van der Waals surface area (Å²) in [6, 6.07) is 12.1. The molecule has 170 valence electrons. The van der Waals surface area contributed by atoms with Gasteiger partial charge in [0.15, 0.2) is 0 Å². The van der Waals surface area contributed by atoms with Crippen LogP contribution >= 0.6 is 0 Å². The molecule has 0 atom stereocenters. The topological polar surface area (TPSA) is 69.5 Å². The molecule has 3 aromatic rings. The number of unbranched alkanes of at least 4 members (excludes halogenated alkanes) is 1. The molecule has 0 N–H and O–H groups in total. The van der Waals surface area contributed by atoms with E-state index in [0.717, 1.165) is 53.8 Å². The molecule has 0 bridgehead atoms. The summed E-state index contributed by atoms with van der Waals surface area (Å²) in [6.45, 7) is 6.88. The largest absolute Gasteiger partial charge is 0.475 e. The molecule has 7 heteroatoms. The van der Waals surface area contributed by atoms with E-state index in [0.29, 0.717) is 32.2 Å². The molecule has 3 rings (SSSR count). The van der Waals surface area contributed by atoms with Crippen molar-refractivity contribution >= 4 is 6.41 Å². The molecular weight excluding hydrogens is 404 g/mol. The minimum atomic E-state index is 0.459. The average molecular weight is 437 g/mol. The molecule has 2 heterocycles. The lowest BCUT2D eigenvalue weighted by atomic mass is 10.1. The molecule has 2 aromatic heterocycles. The van der Waals surface area contributed by atoms with Gasteiger partial charge in [0, 0.05) is 50.3 Å². The Morgan fingerprint density at radius 2 is 1.88 bits per heavy atom. The highest BCUT2D eigenvalue weighted by molar-refractivity contribution is 5.59. The third kappa shape index (κ3) is 6.65. The molecule has 1 aromatic carbocycles. The molecule has 0 aliphatic carbocycles. The Kier molecular flexibility index (Phi) is 8.80. The van der Waals surface area contributed by atoms with Crippen molar-refractivity contribution < 1.29 is 14.3 Å². The highest BCUT2D eigenvalue weighted by Gasteiger charge is 2.11. The van der Waals surface area contributed by atoms with Gasteiger partial charge in [-0.2, -0.15) is 5.10 Å². The second-order valence-corrected chi connectivity index (χ2v) is 7.80. The van der Waals surface area contributed by atoms with Crippen molar-refractivity contribution in [2.75, 3.05) is 19.8 Å². The molecule has 0 unspecified atom stereocenters. The summed E-state index contributed by atoms with van der Waals surface area (Å²) in [5.74, 6) is 0.590. The van der Waals surface area contributed by atoms with Gasteiger partial charge in [0.1, 0.15) is 6.61 Å². The molecule has 32 heavy (non-hydrogen) atoms. The first-order valence-corrected chi connectivity index (χ1v) is 11.0. The number of amides is 1. The SMILES string of the molecule is CCCCOCCOc1nccc(CN(C=O)Cc2ccc(-c3ccn(C)n3)cc2)c1C. The van der Waals surface area contributed by atoms with Gasteiger partial charge in [-0.05, 0) is 36.6 Å². The Labute approximate surface area is 190 Å². The maximum absolute atomic E-state index is 11.7. The van der Waals surface area contributed by atoms with E-state index in [-0.39, 0.29) is 0 Å². The van der Waals surface area contributed by atoms with Crippen molar-refractivity contribution in [3.8, 4) is 17.1 Å². The fourth-order valence-electron chi connectivity index (χ4n) is 3.35. The molecule has 7 nitrogen and oxygen atoms in total. The Morgan fingerprint density at radius 3 is 2.56 bits per heavy atom. The number of hydrogen-bond donors (Lipinski definition) is 0. The summed E-state index contributed by atoms with van der Waals surface area (Å²) in [6.07, 6.45) is 6.70. The van der Waals surface area contributed by atoms with Crippen LogP contribution < -0.4 is 4.74 Å². The zero-order chi connectivity index (χ0) is 22.8. The van der Waals surface area contributed by atoms with Crippen LogP contribution in [0.25, 0.3) is 11.3 Å². The maximum atomic E-state index is 11.7. The van der Waals surface area contributed by atoms with Crippen molar-refractivity contribution in [3.63, 3.8) is 0 Å². The van der Waals surface area contributed by atoms with Gasteiger partial charge in [-0.15, -0.1) is 0 Å². The normalized spacial score (nSPS) is 10.8. The Morgan fingerprint density at radius 1 is 1.06 bits per heavy atom. The fourth-order valence-corrected chi connectivity index (χ4v) is 3.35. The van der Waals surface area contributed by atoms with Gasteiger partial charge in [-0.1, -0.05) is 37.6 Å². The third-order valence-electron chi connectivity index (χ3n) is 5.25. The number of nitrogens with zero attached hydrogens (tertiary/aromatic N) is 4. The lowest BCUT2D eigenvalue weighted by molar-refractivity contribution is -0.119. The molecule has 0 aliphatic rings. The van der Waals surface area contributed by atoms with Crippen molar-refractivity contribution in [1.29, 1.82) is 0 Å². The number of rotatable bonds is 13. The van der Waals surface area contributed by atoms with Crippen molar-refractivity contribution in [2.24, 2.45) is 7.05 Å². The van der Waals surface area contributed by atoms with Gasteiger partial charge in [0.25, 0.3) is 0 Å². The molecule has 0 saturated heterocycles. The summed E-state index contributed by atoms with van der Waals surface area (Å²) >= 11 is 0. The minimum Gasteiger partial charge on any atom is -0.475 e. The average Bonchev–Trinajstić information content (AvgIpc) is 3.24. The quantitative estimate of drug-likeness (QED) is 0.297. The molecule has 1 amide bonds. The molecule has 0 spiro atoms. The highest BCUT2D eigenvalue weighted by Crippen LogP contribution is 2.21. The lowest BCUT2D eigenvalue weighted by Crippen LogP contribution is -2.21. The van der Waals surface area contributed by atoms with Gasteiger partial charge >= 0.3 is 0 Å². The first kappa shape index (κ1) is 23.5. The van der Waals surface area contributed by atoms with Crippen LogP contribution in [0, 0.1) is 6.92 Å². The van der Waals surface area contributed by atoms with E-state index in [1.54, 1.807) is 15.8 Å². The van der Waals surface area contributed by atoms with E-state index in [4.69, 9.17) is 9.47 Å². The first-order chi connectivity index (χ1) is 15.6. The second kappa shape index (κ2) is 12.0. The summed E-state index contributed by atoms with van der Waals surface area (Å²) < 4.78 is 13.1. The standard InChI is InChI=1S/C25H32N4O3/c1-4-5-14-31-15-16-32-25-20(2)23(10-12-26-25)18-29(19-30)17-21-6-8-22(9-7-21)24-11-13-28(3)27-24/h6-13,19H,4-5,14-18H2,1-3H3. The van der Waals surface area contributed by atoms with E-state index in [9.17, 15) is 4.79 Å². The zero-order valence-electron chi connectivity index (χ0n) is 19.2. The van der Waals surface area contributed by atoms with E-state index in [1.165, 1.54) is 0 Å². The predicted molar refractivity (Wildman–Crippen MR) is 124 cm³/mol. The number of hydrogen-bond acceptors (Lipinski definition) is 5. The van der Waals surface area contributed by atoms with Crippen LogP contribution in [0.3, 0.4) is 0 Å². The van der Waals surface area contributed by atoms with Crippen LogP contribution in [-0.4, -0.2) is 45.9 Å². The third-order valence-corrected chi connectivity index (χ3v) is 5.25. The number of carbonyl (C=O) groups excluding carboxylic acids is 1. The number of aromatic nitrogens is 3. The van der Waals surface area contributed by atoms with Crippen molar-refractivity contribution in [3.05, 3.63) is 65.5 Å². The van der Waals surface area contributed by atoms with Gasteiger partial charge in [-0.25, -0.2) is 4.98 Å². The summed E-state index contributed by atoms with van der Waals surface area (Å²) in [5, 5.41) is 4.43.